The Morgan fingerprint density at radius 2 is 2.10 bits per heavy atom. The molecular weight excluding hydrogens is 406 g/mol. The van der Waals surface area contributed by atoms with E-state index in [4.69, 9.17) is 9.47 Å². The predicted octanol–water partition coefficient (Wildman–Crippen LogP) is 5.14. The van der Waals surface area contributed by atoms with Crippen LogP contribution in [-0.2, 0) is 4.79 Å². The van der Waals surface area contributed by atoms with Crippen LogP contribution in [0.4, 0.5) is 5.69 Å². The number of carbonyl (C=O) groups is 1. The fraction of sp³-hybridized carbons (Fsp3) is 0.190. The molecule has 0 unspecified atom stereocenters. The topological polar surface area (TPSA) is 73.3 Å². The summed E-state index contributed by atoms with van der Waals surface area (Å²) in [4.78, 5) is 13.3. The third-order valence-corrected chi connectivity index (χ3v) is 5.61. The number of methoxy groups -OCH3 is 1. The standard InChI is InChI=1S/C21H21N3O3S2/c1-3-12-27-17-10-8-15(13-18(17)26-2)9-11-20(25)23-16-6-4-5-7-19(16)29-21-24-22-14-28-21/h4-11,13-14H,3,12H2,1-2H3,(H,23,25)/b11-9+. The molecule has 0 aliphatic heterocycles. The Labute approximate surface area is 178 Å². The van der Waals surface area contributed by atoms with Crippen molar-refractivity contribution in [2.24, 2.45) is 0 Å². The lowest BCUT2D eigenvalue weighted by molar-refractivity contribution is -0.111. The normalized spacial score (nSPS) is 10.8. The second kappa shape index (κ2) is 10.6. The van der Waals surface area contributed by atoms with Crippen molar-refractivity contribution in [3.8, 4) is 11.5 Å². The molecule has 0 aliphatic carbocycles. The van der Waals surface area contributed by atoms with Crippen molar-refractivity contribution in [1.82, 2.24) is 10.2 Å². The summed E-state index contributed by atoms with van der Waals surface area (Å²) in [6, 6.07) is 13.2. The number of hydrogen-bond acceptors (Lipinski definition) is 7. The lowest BCUT2D eigenvalue weighted by atomic mass is 10.2. The molecule has 3 rings (SSSR count). The molecule has 29 heavy (non-hydrogen) atoms. The van der Waals surface area contributed by atoms with E-state index in [1.54, 1.807) is 18.7 Å². The second-order valence-corrected chi connectivity index (χ2v) is 8.01. The summed E-state index contributed by atoms with van der Waals surface area (Å²) in [7, 11) is 1.60. The minimum atomic E-state index is -0.222. The van der Waals surface area contributed by atoms with E-state index in [0.717, 1.165) is 26.9 Å². The highest BCUT2D eigenvalue weighted by Gasteiger charge is 2.09. The molecule has 1 N–H and O–H groups in total. The molecule has 2 aromatic carbocycles. The van der Waals surface area contributed by atoms with Gasteiger partial charge in [-0.25, -0.2) is 0 Å². The highest BCUT2D eigenvalue weighted by atomic mass is 32.2. The molecule has 1 aromatic heterocycles. The van der Waals surface area contributed by atoms with Gasteiger partial charge >= 0.3 is 0 Å². The summed E-state index contributed by atoms with van der Waals surface area (Å²) in [5.41, 5.74) is 3.25. The first-order valence-corrected chi connectivity index (χ1v) is 10.7. The number of hydrogen-bond donors (Lipinski definition) is 1. The van der Waals surface area contributed by atoms with E-state index in [2.05, 4.69) is 15.5 Å². The molecule has 8 heteroatoms. The molecule has 6 nitrogen and oxygen atoms in total. The number of amides is 1. The summed E-state index contributed by atoms with van der Waals surface area (Å²) in [6.07, 6.45) is 4.15. The first kappa shape index (κ1) is 20.9. The van der Waals surface area contributed by atoms with Crippen LogP contribution in [0.1, 0.15) is 18.9 Å². The van der Waals surface area contributed by atoms with Crippen LogP contribution < -0.4 is 14.8 Å². The van der Waals surface area contributed by atoms with Gasteiger partial charge < -0.3 is 14.8 Å². The number of aromatic nitrogens is 2. The molecule has 0 saturated heterocycles. The Balaban J connectivity index is 1.67. The van der Waals surface area contributed by atoms with Crippen LogP contribution in [0.5, 0.6) is 11.5 Å². The van der Waals surface area contributed by atoms with E-state index in [-0.39, 0.29) is 5.91 Å². The fourth-order valence-electron chi connectivity index (χ4n) is 2.43. The fourth-order valence-corrected chi connectivity index (χ4v) is 3.95. The summed E-state index contributed by atoms with van der Waals surface area (Å²) >= 11 is 2.92. The summed E-state index contributed by atoms with van der Waals surface area (Å²) < 4.78 is 11.9. The van der Waals surface area contributed by atoms with Gasteiger partial charge in [-0.15, -0.1) is 10.2 Å². The van der Waals surface area contributed by atoms with Gasteiger partial charge in [0, 0.05) is 11.0 Å². The molecule has 0 fully saturated rings. The van der Waals surface area contributed by atoms with E-state index in [0.29, 0.717) is 18.1 Å². The number of rotatable bonds is 9. The Morgan fingerprint density at radius 3 is 2.86 bits per heavy atom. The lowest BCUT2D eigenvalue weighted by Gasteiger charge is -2.10. The molecule has 0 spiro atoms. The molecule has 3 aromatic rings. The molecule has 0 aliphatic rings. The van der Waals surface area contributed by atoms with Gasteiger partial charge in [0.25, 0.3) is 0 Å². The Morgan fingerprint density at radius 1 is 1.24 bits per heavy atom. The third-order valence-electron chi connectivity index (χ3n) is 3.76. The smallest absolute Gasteiger partial charge is 0.248 e. The molecule has 1 amide bonds. The molecule has 1 heterocycles. The van der Waals surface area contributed by atoms with Gasteiger partial charge in [-0.2, -0.15) is 0 Å². The lowest BCUT2D eigenvalue weighted by Crippen LogP contribution is -2.08. The highest BCUT2D eigenvalue weighted by molar-refractivity contribution is 8.01. The maximum atomic E-state index is 12.4. The number of nitrogens with one attached hydrogen (secondary N) is 1. The van der Waals surface area contributed by atoms with E-state index in [1.807, 2.05) is 49.4 Å². The zero-order valence-electron chi connectivity index (χ0n) is 16.1. The van der Waals surface area contributed by atoms with Gasteiger partial charge in [-0.05, 0) is 42.3 Å². The molecule has 150 valence electrons. The largest absolute Gasteiger partial charge is 0.493 e. The first-order chi connectivity index (χ1) is 14.2. The van der Waals surface area contributed by atoms with Crippen LogP contribution >= 0.6 is 23.1 Å². The Bertz CT molecular complexity index is 975. The van der Waals surface area contributed by atoms with Gasteiger partial charge in [0.1, 0.15) is 5.51 Å². The van der Waals surface area contributed by atoms with Crippen molar-refractivity contribution in [3.05, 3.63) is 59.6 Å². The Hall–Kier alpha value is -2.84. The number of para-hydroxylation sites is 1. The van der Waals surface area contributed by atoms with Crippen molar-refractivity contribution in [3.63, 3.8) is 0 Å². The zero-order valence-corrected chi connectivity index (χ0v) is 17.8. The number of anilines is 1. The van der Waals surface area contributed by atoms with Crippen LogP contribution in [-0.4, -0.2) is 29.8 Å². The van der Waals surface area contributed by atoms with E-state index < -0.39 is 0 Å². The number of nitrogens with zero attached hydrogens (tertiary/aromatic N) is 2. The second-order valence-electron chi connectivity index (χ2n) is 5.88. The minimum Gasteiger partial charge on any atom is -0.493 e. The molecular formula is C21H21N3O3S2. The number of benzene rings is 2. The van der Waals surface area contributed by atoms with Crippen LogP contribution in [0.3, 0.4) is 0 Å². The predicted molar refractivity (Wildman–Crippen MR) is 117 cm³/mol. The van der Waals surface area contributed by atoms with Gasteiger partial charge in [0.2, 0.25) is 5.91 Å². The van der Waals surface area contributed by atoms with Crippen LogP contribution in [0.15, 0.2) is 63.3 Å². The van der Waals surface area contributed by atoms with Crippen molar-refractivity contribution < 1.29 is 14.3 Å². The van der Waals surface area contributed by atoms with E-state index >= 15 is 0 Å². The minimum absolute atomic E-state index is 0.222. The third kappa shape index (κ3) is 6.07. The number of carbonyl (C=O) groups excluding carboxylic acids is 1. The zero-order chi connectivity index (χ0) is 20.5. The highest BCUT2D eigenvalue weighted by Crippen LogP contribution is 2.34. The van der Waals surface area contributed by atoms with Crippen molar-refractivity contribution in [2.45, 2.75) is 22.6 Å². The number of ether oxygens (including phenoxy) is 2. The van der Waals surface area contributed by atoms with Crippen molar-refractivity contribution >= 4 is 40.8 Å². The van der Waals surface area contributed by atoms with Gasteiger partial charge in [0.05, 0.1) is 19.4 Å². The quantitative estimate of drug-likeness (QED) is 0.477. The maximum Gasteiger partial charge on any atom is 0.248 e. The van der Waals surface area contributed by atoms with E-state index in [9.17, 15) is 4.79 Å². The average molecular weight is 428 g/mol. The Kier molecular flexibility index (Phi) is 7.66. The van der Waals surface area contributed by atoms with Gasteiger partial charge in [0.15, 0.2) is 15.8 Å². The maximum absolute atomic E-state index is 12.4. The van der Waals surface area contributed by atoms with Crippen LogP contribution in [0, 0.1) is 0 Å². The summed E-state index contributed by atoms with van der Waals surface area (Å²) in [5.74, 6) is 1.11. The first-order valence-electron chi connectivity index (χ1n) is 9.02. The monoisotopic (exact) mass is 427 g/mol. The van der Waals surface area contributed by atoms with Crippen molar-refractivity contribution in [2.75, 3.05) is 19.0 Å². The molecule has 0 radical (unpaired) electrons. The SMILES string of the molecule is CCCOc1ccc(/C=C/C(=O)Nc2ccccc2Sc2nncs2)cc1OC. The summed E-state index contributed by atoms with van der Waals surface area (Å²) in [6.45, 7) is 2.68. The van der Waals surface area contributed by atoms with Crippen LogP contribution in [0.25, 0.3) is 6.08 Å². The van der Waals surface area contributed by atoms with E-state index in [1.165, 1.54) is 29.2 Å². The molecule has 0 saturated carbocycles. The van der Waals surface area contributed by atoms with Gasteiger partial charge in [-0.1, -0.05) is 48.2 Å². The van der Waals surface area contributed by atoms with Gasteiger partial charge in [-0.3, -0.25) is 4.79 Å². The van der Waals surface area contributed by atoms with Crippen molar-refractivity contribution in [1.29, 1.82) is 0 Å². The average Bonchev–Trinajstić information content (AvgIpc) is 3.25. The molecule has 0 bridgehead atoms. The van der Waals surface area contributed by atoms with Crippen LogP contribution in [0.2, 0.25) is 0 Å². The molecule has 0 atom stereocenters. The summed E-state index contributed by atoms with van der Waals surface area (Å²) in [5, 5.41) is 10.8.